The van der Waals surface area contributed by atoms with E-state index in [1.165, 1.54) is 15.4 Å². The molecule has 4 aromatic rings. The summed E-state index contributed by atoms with van der Waals surface area (Å²) >= 11 is 6.53. The van der Waals surface area contributed by atoms with E-state index in [1.807, 2.05) is 25.1 Å². The summed E-state index contributed by atoms with van der Waals surface area (Å²) in [5.74, 6) is 0.972. The number of nitrogens with zero attached hydrogens (tertiary/aromatic N) is 3. The largest absolute Gasteiger partial charge is 0.467 e. The van der Waals surface area contributed by atoms with Gasteiger partial charge >= 0.3 is 0 Å². The Kier molecular flexibility index (Phi) is 5.57. The van der Waals surface area contributed by atoms with Gasteiger partial charge in [0.2, 0.25) is 5.88 Å². The summed E-state index contributed by atoms with van der Waals surface area (Å²) in [7, 11) is 0. The van der Waals surface area contributed by atoms with Crippen LogP contribution in [0.2, 0.25) is 0 Å². The summed E-state index contributed by atoms with van der Waals surface area (Å²) in [6.07, 6.45) is 4.67. The van der Waals surface area contributed by atoms with E-state index in [1.54, 1.807) is 48.9 Å². The number of furan rings is 1. The number of thiocarbonyl (C=S) groups is 1. The zero-order valence-electron chi connectivity index (χ0n) is 17.4. The Hall–Kier alpha value is -3.69. The number of hydrogen-bond acceptors (Lipinski definition) is 7. The fourth-order valence-corrected chi connectivity index (χ4v) is 4.64. The molecule has 1 aliphatic heterocycles. The number of ether oxygens (including phenoxy) is 1. The molecule has 0 saturated carbocycles. The second-order valence-corrected chi connectivity index (χ2v) is 9.01. The molecule has 164 valence electrons. The van der Waals surface area contributed by atoms with E-state index in [0.717, 1.165) is 17.3 Å². The molecule has 0 aliphatic carbocycles. The van der Waals surface area contributed by atoms with Crippen LogP contribution >= 0.6 is 24.0 Å². The van der Waals surface area contributed by atoms with Gasteiger partial charge in [-0.25, -0.2) is 0 Å². The fourth-order valence-electron chi connectivity index (χ4n) is 3.40. The molecule has 3 aromatic heterocycles. The minimum Gasteiger partial charge on any atom is -0.467 e. The molecule has 4 heterocycles. The average molecular weight is 476 g/mol. The van der Waals surface area contributed by atoms with Crippen molar-refractivity contribution in [3.05, 3.63) is 99.2 Å². The molecule has 7 nitrogen and oxygen atoms in total. The monoisotopic (exact) mass is 475 g/mol. The van der Waals surface area contributed by atoms with Crippen LogP contribution in [-0.4, -0.2) is 24.5 Å². The molecular formula is C24H17N3O4S2. The zero-order valence-corrected chi connectivity index (χ0v) is 19.1. The summed E-state index contributed by atoms with van der Waals surface area (Å²) in [5.41, 5.74) is 1.26. The van der Waals surface area contributed by atoms with Crippen LogP contribution in [0.4, 0.5) is 0 Å². The predicted molar refractivity (Wildman–Crippen MR) is 130 cm³/mol. The number of fused-ring (bicyclic) bond motifs is 1. The third kappa shape index (κ3) is 4.20. The van der Waals surface area contributed by atoms with Crippen LogP contribution < -0.4 is 10.3 Å². The van der Waals surface area contributed by atoms with Crippen molar-refractivity contribution in [2.45, 2.75) is 13.5 Å². The highest BCUT2D eigenvalue weighted by atomic mass is 32.2. The number of hydrogen-bond donors (Lipinski definition) is 0. The lowest BCUT2D eigenvalue weighted by Crippen LogP contribution is -2.27. The summed E-state index contributed by atoms with van der Waals surface area (Å²) in [6, 6.07) is 16.2. The Balaban J connectivity index is 1.58. The van der Waals surface area contributed by atoms with Crippen molar-refractivity contribution in [3.63, 3.8) is 0 Å². The van der Waals surface area contributed by atoms with Crippen LogP contribution in [-0.2, 0) is 11.3 Å². The van der Waals surface area contributed by atoms with E-state index in [9.17, 15) is 9.59 Å². The van der Waals surface area contributed by atoms with Gasteiger partial charge in [0.05, 0.1) is 17.7 Å². The number of carbonyl (C=O) groups is 1. The molecule has 0 radical (unpaired) electrons. The standard InChI is InChI=1S/C24H17N3O4S2/c1-15-6-4-7-16(12-15)31-21-18(22(28)26-10-3-2-9-20(26)25-21)13-19-23(29)27(24(32)33-19)14-17-8-5-11-30-17/h2-13H,14H2,1H3. The number of aryl methyl sites for hydroxylation is 1. The van der Waals surface area contributed by atoms with E-state index in [4.69, 9.17) is 21.4 Å². The Labute approximate surface area is 198 Å². The highest BCUT2D eigenvalue weighted by Crippen LogP contribution is 2.35. The summed E-state index contributed by atoms with van der Waals surface area (Å²) in [6.45, 7) is 2.16. The minimum atomic E-state index is -0.348. The number of rotatable bonds is 5. The van der Waals surface area contributed by atoms with Crippen molar-refractivity contribution in [3.8, 4) is 11.6 Å². The van der Waals surface area contributed by atoms with Crippen molar-refractivity contribution in [2.75, 3.05) is 0 Å². The van der Waals surface area contributed by atoms with Crippen LogP contribution in [0, 0.1) is 6.92 Å². The second kappa shape index (κ2) is 8.68. The summed E-state index contributed by atoms with van der Waals surface area (Å²) < 4.78 is 13.2. The molecule has 0 atom stereocenters. The van der Waals surface area contributed by atoms with Gasteiger partial charge in [-0.1, -0.05) is 42.2 Å². The van der Waals surface area contributed by atoms with Gasteiger partial charge in [-0.2, -0.15) is 4.98 Å². The SMILES string of the molecule is Cc1cccc(Oc2nc3ccccn3c(=O)c2C=C2SC(=S)N(Cc3ccco3)C2=O)c1. The maximum Gasteiger partial charge on any atom is 0.269 e. The average Bonchev–Trinajstić information content (AvgIpc) is 3.40. The fraction of sp³-hybridized carbons (Fsp3) is 0.0833. The molecule has 1 fully saturated rings. The van der Waals surface area contributed by atoms with Gasteiger partial charge in [-0.3, -0.25) is 18.9 Å². The number of thioether (sulfide) groups is 1. The van der Waals surface area contributed by atoms with E-state index < -0.39 is 0 Å². The van der Waals surface area contributed by atoms with Crippen LogP contribution in [0.3, 0.4) is 0 Å². The van der Waals surface area contributed by atoms with Gasteiger partial charge in [-0.05, 0) is 55.0 Å². The van der Waals surface area contributed by atoms with Crippen molar-refractivity contribution in [2.24, 2.45) is 0 Å². The van der Waals surface area contributed by atoms with Crippen molar-refractivity contribution >= 4 is 45.9 Å². The van der Waals surface area contributed by atoms with Crippen LogP contribution in [0.5, 0.6) is 11.6 Å². The van der Waals surface area contributed by atoms with Crippen LogP contribution in [0.1, 0.15) is 16.9 Å². The van der Waals surface area contributed by atoms with E-state index in [2.05, 4.69) is 4.98 Å². The summed E-state index contributed by atoms with van der Waals surface area (Å²) in [4.78, 5) is 32.7. The molecule has 0 N–H and O–H groups in total. The maximum absolute atomic E-state index is 13.3. The number of pyridine rings is 1. The third-order valence-electron chi connectivity index (χ3n) is 4.98. The zero-order chi connectivity index (χ0) is 22.9. The molecule has 1 amide bonds. The first kappa shape index (κ1) is 21.2. The van der Waals surface area contributed by atoms with Gasteiger partial charge in [0.25, 0.3) is 11.5 Å². The molecule has 9 heteroatoms. The van der Waals surface area contributed by atoms with Gasteiger partial charge < -0.3 is 9.15 Å². The number of benzene rings is 1. The number of aromatic nitrogens is 2. The Bertz CT molecular complexity index is 1470. The topological polar surface area (TPSA) is 77.1 Å². The number of carbonyl (C=O) groups excluding carboxylic acids is 1. The first-order valence-electron chi connectivity index (χ1n) is 10.0. The van der Waals surface area contributed by atoms with Crippen molar-refractivity contribution in [1.29, 1.82) is 0 Å². The van der Waals surface area contributed by atoms with Crippen LogP contribution in [0.15, 0.2) is 81.2 Å². The molecule has 1 aromatic carbocycles. The van der Waals surface area contributed by atoms with Gasteiger partial charge in [0.1, 0.15) is 27.0 Å². The molecule has 0 spiro atoms. The molecule has 33 heavy (non-hydrogen) atoms. The van der Waals surface area contributed by atoms with E-state index in [-0.39, 0.29) is 29.5 Å². The quantitative estimate of drug-likeness (QED) is 0.303. The molecule has 1 saturated heterocycles. The summed E-state index contributed by atoms with van der Waals surface area (Å²) in [5, 5.41) is 0. The Morgan fingerprint density at radius 3 is 2.82 bits per heavy atom. The highest BCUT2D eigenvalue weighted by Gasteiger charge is 2.33. The van der Waals surface area contributed by atoms with Gasteiger partial charge in [0.15, 0.2) is 0 Å². The van der Waals surface area contributed by atoms with E-state index >= 15 is 0 Å². The predicted octanol–water partition coefficient (Wildman–Crippen LogP) is 4.79. The normalized spacial score (nSPS) is 15.1. The molecule has 1 aliphatic rings. The first-order chi connectivity index (χ1) is 16.0. The Morgan fingerprint density at radius 1 is 1.15 bits per heavy atom. The Morgan fingerprint density at radius 2 is 2.03 bits per heavy atom. The second-order valence-electron chi connectivity index (χ2n) is 7.33. The lowest BCUT2D eigenvalue weighted by Gasteiger charge is -2.12. The van der Waals surface area contributed by atoms with Crippen molar-refractivity contribution < 1.29 is 13.9 Å². The van der Waals surface area contributed by atoms with Gasteiger partial charge in [0, 0.05) is 6.20 Å². The smallest absolute Gasteiger partial charge is 0.269 e. The first-order valence-corrected chi connectivity index (χ1v) is 11.3. The van der Waals surface area contributed by atoms with Gasteiger partial charge in [-0.15, -0.1) is 0 Å². The molecule has 5 rings (SSSR count). The molecule has 0 bridgehead atoms. The lowest BCUT2D eigenvalue weighted by atomic mass is 10.2. The number of amides is 1. The van der Waals surface area contributed by atoms with E-state index in [0.29, 0.717) is 26.4 Å². The highest BCUT2D eigenvalue weighted by molar-refractivity contribution is 8.26. The van der Waals surface area contributed by atoms with Crippen molar-refractivity contribution in [1.82, 2.24) is 14.3 Å². The maximum atomic E-state index is 13.3. The minimum absolute atomic E-state index is 0.119. The lowest BCUT2D eigenvalue weighted by molar-refractivity contribution is -0.122. The molecular weight excluding hydrogens is 458 g/mol. The molecule has 0 unspecified atom stereocenters. The third-order valence-corrected chi connectivity index (χ3v) is 6.36. The van der Waals surface area contributed by atoms with Crippen LogP contribution in [0.25, 0.3) is 11.7 Å².